The second-order valence-corrected chi connectivity index (χ2v) is 7.35. The van der Waals surface area contributed by atoms with E-state index in [2.05, 4.69) is 5.32 Å². The third-order valence-corrected chi connectivity index (χ3v) is 5.16. The smallest absolute Gasteiger partial charge is 0.248 e. The molecule has 0 spiro atoms. The van der Waals surface area contributed by atoms with Crippen molar-refractivity contribution in [1.82, 2.24) is 0 Å². The highest BCUT2D eigenvalue weighted by atomic mass is 16.5. The Morgan fingerprint density at radius 1 is 0.657 bits per heavy atom. The number of anilines is 1. The predicted molar refractivity (Wildman–Crippen MR) is 139 cm³/mol. The molecule has 1 amide bonds. The highest BCUT2D eigenvalue weighted by Crippen LogP contribution is 2.38. The molecule has 0 bridgehead atoms. The Balaban J connectivity index is 1.75. The molecule has 3 aromatic carbocycles. The predicted octanol–water partition coefficient (Wildman–Crippen LogP) is 5.55. The molecule has 0 aromatic heterocycles. The average molecular weight is 476 g/mol. The first-order valence-electron chi connectivity index (χ1n) is 10.8. The van der Waals surface area contributed by atoms with Crippen LogP contribution in [0.1, 0.15) is 16.7 Å². The lowest BCUT2D eigenvalue weighted by molar-refractivity contribution is -0.111. The van der Waals surface area contributed by atoms with Gasteiger partial charge in [-0.15, -0.1) is 0 Å². The number of methoxy groups -OCH3 is 5. The Morgan fingerprint density at radius 2 is 1.29 bits per heavy atom. The van der Waals surface area contributed by atoms with E-state index in [1.165, 1.54) is 6.08 Å². The van der Waals surface area contributed by atoms with Gasteiger partial charge in [0, 0.05) is 6.08 Å². The molecule has 3 rings (SSSR count). The van der Waals surface area contributed by atoms with Crippen molar-refractivity contribution >= 4 is 29.8 Å². The summed E-state index contributed by atoms with van der Waals surface area (Å²) < 4.78 is 26.9. The van der Waals surface area contributed by atoms with E-state index in [0.29, 0.717) is 28.7 Å². The molecule has 7 nitrogen and oxygen atoms in total. The summed E-state index contributed by atoms with van der Waals surface area (Å²) in [6, 6.07) is 16.7. The third-order valence-electron chi connectivity index (χ3n) is 5.16. The van der Waals surface area contributed by atoms with Gasteiger partial charge in [-0.05, 0) is 59.2 Å². The van der Waals surface area contributed by atoms with Gasteiger partial charge in [0.1, 0.15) is 11.5 Å². The van der Waals surface area contributed by atoms with Gasteiger partial charge < -0.3 is 29.0 Å². The molecule has 35 heavy (non-hydrogen) atoms. The number of carbonyl (C=O) groups is 1. The van der Waals surface area contributed by atoms with E-state index < -0.39 is 0 Å². The summed E-state index contributed by atoms with van der Waals surface area (Å²) in [7, 11) is 7.88. The Morgan fingerprint density at radius 3 is 1.91 bits per heavy atom. The van der Waals surface area contributed by atoms with Crippen molar-refractivity contribution in [3.63, 3.8) is 0 Å². The van der Waals surface area contributed by atoms with Gasteiger partial charge in [-0.2, -0.15) is 0 Å². The van der Waals surface area contributed by atoms with Crippen molar-refractivity contribution in [2.75, 3.05) is 40.9 Å². The van der Waals surface area contributed by atoms with Gasteiger partial charge >= 0.3 is 0 Å². The van der Waals surface area contributed by atoms with E-state index >= 15 is 0 Å². The number of rotatable bonds is 10. The van der Waals surface area contributed by atoms with Crippen molar-refractivity contribution in [3.05, 3.63) is 77.4 Å². The summed E-state index contributed by atoms with van der Waals surface area (Å²) in [6.45, 7) is 0. The van der Waals surface area contributed by atoms with E-state index in [1.807, 2.05) is 60.7 Å². The monoisotopic (exact) mass is 475 g/mol. The first-order chi connectivity index (χ1) is 17.0. The summed E-state index contributed by atoms with van der Waals surface area (Å²) in [5.41, 5.74) is 3.19. The minimum atomic E-state index is -0.271. The van der Waals surface area contributed by atoms with Crippen LogP contribution in [0.5, 0.6) is 28.7 Å². The molecular formula is C28H29NO6. The molecule has 0 radical (unpaired) electrons. The first kappa shape index (κ1) is 25.2. The average Bonchev–Trinajstić information content (AvgIpc) is 2.90. The van der Waals surface area contributed by atoms with Crippen molar-refractivity contribution in [3.8, 4) is 28.7 Å². The Kier molecular flexibility index (Phi) is 8.78. The maximum atomic E-state index is 12.4. The molecule has 0 unspecified atom stereocenters. The Labute approximate surface area is 205 Å². The van der Waals surface area contributed by atoms with Crippen molar-refractivity contribution in [1.29, 1.82) is 0 Å². The van der Waals surface area contributed by atoms with E-state index in [0.717, 1.165) is 22.4 Å². The molecule has 3 aromatic rings. The zero-order valence-corrected chi connectivity index (χ0v) is 20.5. The maximum absolute atomic E-state index is 12.4. The van der Waals surface area contributed by atoms with E-state index in [4.69, 9.17) is 23.7 Å². The zero-order chi connectivity index (χ0) is 25.2. The van der Waals surface area contributed by atoms with E-state index in [9.17, 15) is 4.79 Å². The van der Waals surface area contributed by atoms with Crippen LogP contribution in [0.4, 0.5) is 5.69 Å². The molecule has 0 saturated carbocycles. The van der Waals surface area contributed by atoms with Gasteiger partial charge in [0.25, 0.3) is 0 Å². The number of hydrogen-bond acceptors (Lipinski definition) is 6. The maximum Gasteiger partial charge on any atom is 0.248 e. The molecule has 0 aliphatic heterocycles. The number of benzene rings is 3. The summed E-state index contributed by atoms with van der Waals surface area (Å²) in [4.78, 5) is 12.4. The van der Waals surface area contributed by atoms with Crippen LogP contribution in [0.25, 0.3) is 18.2 Å². The zero-order valence-electron chi connectivity index (χ0n) is 20.5. The summed E-state index contributed by atoms with van der Waals surface area (Å²) in [5, 5.41) is 2.85. The first-order valence-corrected chi connectivity index (χ1v) is 10.8. The lowest BCUT2D eigenvalue weighted by Crippen LogP contribution is -2.09. The van der Waals surface area contributed by atoms with Gasteiger partial charge in [-0.1, -0.05) is 30.4 Å². The van der Waals surface area contributed by atoms with Gasteiger partial charge in [-0.3, -0.25) is 4.79 Å². The standard InChI is InChI=1S/C28H29NO6/c1-31-22-8-6-7-19(15-22)12-14-27(30)29-23-13-11-20(16-24(23)32-2)9-10-21-17-25(33-3)28(35-5)26(18-21)34-4/h6-18H,1-5H3,(H,29,30)/b10-9?,14-12+. The quantitative estimate of drug-likeness (QED) is 0.306. The van der Waals surface area contributed by atoms with Crippen LogP contribution < -0.4 is 29.0 Å². The molecular weight excluding hydrogens is 446 g/mol. The molecule has 0 atom stereocenters. The number of nitrogens with one attached hydrogen (secondary N) is 1. The number of hydrogen-bond donors (Lipinski definition) is 1. The minimum Gasteiger partial charge on any atom is -0.497 e. The fraction of sp³-hybridized carbons (Fsp3) is 0.179. The van der Waals surface area contributed by atoms with Crippen molar-refractivity contribution < 1.29 is 28.5 Å². The fourth-order valence-corrected chi connectivity index (χ4v) is 3.40. The SMILES string of the molecule is COc1cccc(/C=C/C(=O)Nc2ccc(C=Cc3cc(OC)c(OC)c(OC)c3)cc2OC)c1. The van der Waals surface area contributed by atoms with Crippen LogP contribution in [0, 0.1) is 0 Å². The molecule has 0 saturated heterocycles. The Bertz CT molecular complexity index is 1210. The topological polar surface area (TPSA) is 75.3 Å². The number of carbonyl (C=O) groups excluding carboxylic acids is 1. The number of ether oxygens (including phenoxy) is 5. The van der Waals surface area contributed by atoms with Crippen LogP contribution in [0.3, 0.4) is 0 Å². The van der Waals surface area contributed by atoms with Gasteiger partial charge in [-0.25, -0.2) is 0 Å². The molecule has 0 aliphatic carbocycles. The third kappa shape index (κ3) is 6.57. The molecule has 7 heteroatoms. The van der Waals surface area contributed by atoms with Crippen LogP contribution in [0.2, 0.25) is 0 Å². The van der Waals surface area contributed by atoms with Crippen molar-refractivity contribution in [2.24, 2.45) is 0 Å². The van der Waals surface area contributed by atoms with Crippen LogP contribution >= 0.6 is 0 Å². The van der Waals surface area contributed by atoms with Crippen LogP contribution in [-0.2, 0) is 4.79 Å². The second kappa shape index (κ2) is 12.2. The fourth-order valence-electron chi connectivity index (χ4n) is 3.40. The highest BCUT2D eigenvalue weighted by Gasteiger charge is 2.12. The summed E-state index contributed by atoms with van der Waals surface area (Å²) >= 11 is 0. The lowest BCUT2D eigenvalue weighted by Gasteiger charge is -2.13. The van der Waals surface area contributed by atoms with E-state index in [1.54, 1.807) is 47.7 Å². The molecule has 182 valence electrons. The lowest BCUT2D eigenvalue weighted by atomic mass is 10.1. The van der Waals surface area contributed by atoms with E-state index in [-0.39, 0.29) is 5.91 Å². The van der Waals surface area contributed by atoms with Gasteiger partial charge in [0.15, 0.2) is 11.5 Å². The summed E-state index contributed by atoms with van der Waals surface area (Å²) in [6.07, 6.45) is 7.04. The second-order valence-electron chi connectivity index (χ2n) is 7.35. The minimum absolute atomic E-state index is 0.271. The molecule has 0 aliphatic rings. The molecule has 0 heterocycles. The van der Waals surface area contributed by atoms with Gasteiger partial charge in [0.05, 0.1) is 41.2 Å². The normalized spacial score (nSPS) is 10.9. The summed E-state index contributed by atoms with van der Waals surface area (Å²) in [5.74, 6) is 2.68. The van der Waals surface area contributed by atoms with Crippen LogP contribution in [-0.4, -0.2) is 41.5 Å². The highest BCUT2D eigenvalue weighted by molar-refractivity contribution is 6.02. The van der Waals surface area contributed by atoms with Gasteiger partial charge in [0.2, 0.25) is 11.7 Å². The molecule has 0 fully saturated rings. The largest absolute Gasteiger partial charge is 0.497 e. The van der Waals surface area contributed by atoms with Crippen LogP contribution in [0.15, 0.2) is 60.7 Å². The molecule has 1 N–H and O–H groups in total. The number of amides is 1. The Hall–Kier alpha value is -4.39. The van der Waals surface area contributed by atoms with Crippen molar-refractivity contribution in [2.45, 2.75) is 0 Å².